The lowest BCUT2D eigenvalue weighted by Crippen LogP contribution is -2.12. The minimum atomic E-state index is -0.357. The van der Waals surface area contributed by atoms with E-state index in [9.17, 15) is 4.79 Å². The van der Waals surface area contributed by atoms with Gasteiger partial charge in [0.05, 0.1) is 12.2 Å². The van der Waals surface area contributed by atoms with E-state index in [1.54, 1.807) is 18.2 Å². The molecule has 0 atom stereocenters. The van der Waals surface area contributed by atoms with Gasteiger partial charge >= 0.3 is 5.97 Å². The van der Waals surface area contributed by atoms with E-state index in [1.165, 1.54) is 0 Å². The predicted octanol–water partition coefficient (Wildman–Crippen LogP) is 1.77. The molecule has 4 nitrogen and oxygen atoms in total. The van der Waals surface area contributed by atoms with Crippen LogP contribution in [-0.4, -0.2) is 25.8 Å². The summed E-state index contributed by atoms with van der Waals surface area (Å²) >= 11 is 0. The Morgan fingerprint density at radius 3 is 2.81 bits per heavy atom. The second-order valence-electron chi connectivity index (χ2n) is 3.41. The third-order valence-electron chi connectivity index (χ3n) is 2.15. The van der Waals surface area contributed by atoms with Crippen molar-refractivity contribution in [1.82, 2.24) is 0 Å². The molecule has 0 spiro atoms. The molecule has 0 aliphatic rings. The minimum Gasteiger partial charge on any atom is -0.460 e. The van der Waals surface area contributed by atoms with Crippen LogP contribution in [0.2, 0.25) is 0 Å². The van der Waals surface area contributed by atoms with E-state index in [4.69, 9.17) is 15.2 Å². The molecule has 88 valence electrons. The van der Waals surface area contributed by atoms with Gasteiger partial charge in [0.15, 0.2) is 0 Å². The van der Waals surface area contributed by atoms with E-state index < -0.39 is 0 Å². The van der Waals surface area contributed by atoms with Gasteiger partial charge in [-0.15, -0.1) is 0 Å². The Hall–Kier alpha value is -1.55. The third kappa shape index (κ3) is 3.55. The van der Waals surface area contributed by atoms with Crippen molar-refractivity contribution in [3.63, 3.8) is 0 Å². The average Bonchev–Trinajstić information content (AvgIpc) is 2.27. The molecule has 4 heteroatoms. The van der Waals surface area contributed by atoms with Gasteiger partial charge in [-0.1, -0.05) is 6.07 Å². The molecule has 0 fully saturated rings. The highest BCUT2D eigenvalue weighted by molar-refractivity contribution is 5.92. The zero-order valence-electron chi connectivity index (χ0n) is 9.66. The minimum absolute atomic E-state index is 0.265. The van der Waals surface area contributed by atoms with Gasteiger partial charge in [0.1, 0.15) is 6.61 Å². The molecule has 2 N–H and O–H groups in total. The zero-order valence-corrected chi connectivity index (χ0v) is 9.66. The van der Waals surface area contributed by atoms with E-state index >= 15 is 0 Å². The number of hydrogen-bond donors (Lipinski definition) is 1. The maximum atomic E-state index is 11.6. The molecule has 0 saturated heterocycles. The van der Waals surface area contributed by atoms with Crippen LogP contribution in [0.5, 0.6) is 0 Å². The van der Waals surface area contributed by atoms with Crippen LogP contribution in [0.25, 0.3) is 0 Å². The number of nitrogens with two attached hydrogens (primary N) is 1. The van der Waals surface area contributed by atoms with Crippen LogP contribution in [0, 0.1) is 6.92 Å². The highest BCUT2D eigenvalue weighted by atomic mass is 16.6. The first kappa shape index (κ1) is 12.5. The summed E-state index contributed by atoms with van der Waals surface area (Å²) in [6.07, 6.45) is 0. The predicted molar refractivity (Wildman–Crippen MR) is 62.4 cm³/mol. The standard InChI is InChI=1S/C12H17NO3/c1-3-15-6-7-16-12(14)11-8-10(13)5-4-9(11)2/h4-5,8H,3,6-7,13H2,1-2H3. The molecule has 0 heterocycles. The number of carbonyl (C=O) groups excluding carboxylic acids is 1. The fourth-order valence-corrected chi connectivity index (χ4v) is 1.27. The van der Waals surface area contributed by atoms with Crippen LogP contribution in [0.1, 0.15) is 22.8 Å². The molecule has 0 bridgehead atoms. The summed E-state index contributed by atoms with van der Waals surface area (Å²) in [6, 6.07) is 5.18. The van der Waals surface area contributed by atoms with E-state index in [0.717, 1.165) is 5.56 Å². The van der Waals surface area contributed by atoms with Gasteiger partial charge in [-0.3, -0.25) is 0 Å². The third-order valence-corrected chi connectivity index (χ3v) is 2.15. The van der Waals surface area contributed by atoms with Crippen molar-refractivity contribution in [1.29, 1.82) is 0 Å². The van der Waals surface area contributed by atoms with Crippen molar-refractivity contribution >= 4 is 11.7 Å². The van der Waals surface area contributed by atoms with Gasteiger partial charge in [0, 0.05) is 12.3 Å². The maximum Gasteiger partial charge on any atom is 0.338 e. The monoisotopic (exact) mass is 223 g/mol. The van der Waals surface area contributed by atoms with Crippen molar-refractivity contribution < 1.29 is 14.3 Å². The van der Waals surface area contributed by atoms with Gasteiger partial charge in [-0.2, -0.15) is 0 Å². The highest BCUT2D eigenvalue weighted by Crippen LogP contribution is 2.13. The topological polar surface area (TPSA) is 61.5 Å². The normalized spacial score (nSPS) is 10.1. The molecule has 0 aliphatic heterocycles. The molecule has 1 aromatic carbocycles. The van der Waals surface area contributed by atoms with Crippen LogP contribution in [0.4, 0.5) is 5.69 Å². The number of esters is 1. The van der Waals surface area contributed by atoms with Crippen LogP contribution in [-0.2, 0) is 9.47 Å². The number of aryl methyl sites for hydroxylation is 1. The van der Waals surface area contributed by atoms with Crippen molar-refractivity contribution in [3.8, 4) is 0 Å². The molecule has 0 saturated carbocycles. The van der Waals surface area contributed by atoms with E-state index in [1.807, 2.05) is 13.8 Å². The Morgan fingerprint density at radius 2 is 2.12 bits per heavy atom. The van der Waals surface area contributed by atoms with Crippen molar-refractivity contribution in [3.05, 3.63) is 29.3 Å². The van der Waals surface area contributed by atoms with Gasteiger partial charge < -0.3 is 15.2 Å². The lowest BCUT2D eigenvalue weighted by molar-refractivity contribution is 0.0334. The number of hydrogen-bond acceptors (Lipinski definition) is 4. The number of carbonyl (C=O) groups is 1. The van der Waals surface area contributed by atoms with Gasteiger partial charge in [0.25, 0.3) is 0 Å². The summed E-state index contributed by atoms with van der Waals surface area (Å²) in [5, 5.41) is 0. The second-order valence-corrected chi connectivity index (χ2v) is 3.41. The Morgan fingerprint density at radius 1 is 1.38 bits per heavy atom. The fourth-order valence-electron chi connectivity index (χ4n) is 1.27. The van der Waals surface area contributed by atoms with Gasteiger partial charge in [-0.05, 0) is 31.5 Å². The van der Waals surface area contributed by atoms with Crippen LogP contribution in [0.3, 0.4) is 0 Å². The number of rotatable bonds is 5. The lowest BCUT2D eigenvalue weighted by atomic mass is 10.1. The zero-order chi connectivity index (χ0) is 12.0. The molecule has 0 amide bonds. The van der Waals surface area contributed by atoms with E-state index in [0.29, 0.717) is 24.5 Å². The average molecular weight is 223 g/mol. The van der Waals surface area contributed by atoms with Crippen LogP contribution in [0.15, 0.2) is 18.2 Å². The largest absolute Gasteiger partial charge is 0.460 e. The van der Waals surface area contributed by atoms with Crippen LogP contribution >= 0.6 is 0 Å². The first-order valence-corrected chi connectivity index (χ1v) is 5.26. The van der Waals surface area contributed by atoms with Crippen molar-refractivity contribution in [2.75, 3.05) is 25.6 Å². The molecule has 0 radical (unpaired) electrons. The summed E-state index contributed by atoms with van der Waals surface area (Å²) in [5.41, 5.74) is 7.53. The quantitative estimate of drug-likeness (QED) is 0.469. The molecule has 16 heavy (non-hydrogen) atoms. The summed E-state index contributed by atoms with van der Waals surface area (Å²) in [4.78, 5) is 11.6. The number of benzene rings is 1. The number of nitrogen functional groups attached to an aromatic ring is 1. The van der Waals surface area contributed by atoms with E-state index in [-0.39, 0.29) is 12.6 Å². The summed E-state index contributed by atoms with van der Waals surface area (Å²) < 4.78 is 10.1. The molecular weight excluding hydrogens is 206 g/mol. The first-order valence-electron chi connectivity index (χ1n) is 5.26. The second kappa shape index (κ2) is 6.12. The molecule has 0 aromatic heterocycles. The summed E-state index contributed by atoms with van der Waals surface area (Å²) in [6.45, 7) is 5.04. The smallest absolute Gasteiger partial charge is 0.338 e. The Labute approximate surface area is 95.3 Å². The lowest BCUT2D eigenvalue weighted by Gasteiger charge is -2.07. The molecule has 1 rings (SSSR count). The molecule has 0 unspecified atom stereocenters. The number of ether oxygens (including phenoxy) is 2. The molecular formula is C12H17NO3. The van der Waals surface area contributed by atoms with Crippen molar-refractivity contribution in [2.24, 2.45) is 0 Å². The summed E-state index contributed by atoms with van der Waals surface area (Å²) in [5.74, 6) is -0.357. The van der Waals surface area contributed by atoms with Gasteiger partial charge in [0.2, 0.25) is 0 Å². The van der Waals surface area contributed by atoms with E-state index in [2.05, 4.69) is 0 Å². The Bertz CT molecular complexity index is 363. The maximum absolute atomic E-state index is 11.6. The Balaban J connectivity index is 2.55. The van der Waals surface area contributed by atoms with Crippen molar-refractivity contribution in [2.45, 2.75) is 13.8 Å². The number of anilines is 1. The Kier molecular flexibility index (Phi) is 4.79. The SMILES string of the molecule is CCOCCOC(=O)c1cc(N)ccc1C. The van der Waals surface area contributed by atoms with Crippen LogP contribution < -0.4 is 5.73 Å². The van der Waals surface area contributed by atoms with Gasteiger partial charge in [-0.25, -0.2) is 4.79 Å². The first-order chi connectivity index (χ1) is 7.65. The molecule has 0 aliphatic carbocycles. The highest BCUT2D eigenvalue weighted by Gasteiger charge is 2.10. The summed E-state index contributed by atoms with van der Waals surface area (Å²) in [7, 11) is 0. The molecule has 1 aromatic rings. The fraction of sp³-hybridized carbons (Fsp3) is 0.417.